The fraction of sp³-hybridized carbons (Fsp3) is 0.929. The van der Waals surface area contributed by atoms with Crippen LogP contribution in [0.1, 0.15) is 58.3 Å². The molecule has 98 valence electrons. The molecule has 0 aromatic rings. The number of esters is 1. The van der Waals surface area contributed by atoms with E-state index in [0.717, 1.165) is 31.7 Å². The van der Waals surface area contributed by atoms with Crippen molar-refractivity contribution in [3.8, 4) is 0 Å². The second-order valence-electron chi connectivity index (χ2n) is 5.45. The fourth-order valence-corrected chi connectivity index (χ4v) is 3.18. The third kappa shape index (κ3) is 3.70. The first kappa shape index (κ1) is 12.9. The molecular formula is C14H25NO2. The van der Waals surface area contributed by atoms with Gasteiger partial charge in [0, 0.05) is 12.1 Å². The quantitative estimate of drug-likeness (QED) is 0.766. The lowest BCUT2D eigenvalue weighted by molar-refractivity contribution is -0.149. The molecule has 2 fully saturated rings. The number of hydrogen-bond donors (Lipinski definition) is 1. The molecule has 0 bridgehead atoms. The Balaban J connectivity index is 1.68. The molecule has 2 rings (SSSR count). The van der Waals surface area contributed by atoms with E-state index in [2.05, 4.69) is 5.32 Å². The molecule has 2 aliphatic carbocycles. The van der Waals surface area contributed by atoms with Gasteiger partial charge in [0.2, 0.25) is 0 Å². The van der Waals surface area contributed by atoms with E-state index in [4.69, 9.17) is 4.74 Å². The van der Waals surface area contributed by atoms with Crippen LogP contribution in [0.2, 0.25) is 0 Å². The van der Waals surface area contributed by atoms with Crippen LogP contribution in [0.4, 0.5) is 0 Å². The van der Waals surface area contributed by atoms with Gasteiger partial charge >= 0.3 is 5.97 Å². The van der Waals surface area contributed by atoms with E-state index in [1.807, 2.05) is 6.92 Å². The molecule has 17 heavy (non-hydrogen) atoms. The van der Waals surface area contributed by atoms with Crippen LogP contribution in [0.5, 0.6) is 0 Å². The Bertz CT molecular complexity index is 241. The highest BCUT2D eigenvalue weighted by Crippen LogP contribution is 2.27. The molecule has 3 nitrogen and oxygen atoms in total. The zero-order valence-corrected chi connectivity index (χ0v) is 10.9. The summed E-state index contributed by atoms with van der Waals surface area (Å²) in [5.41, 5.74) is 0. The molecule has 0 radical (unpaired) electrons. The molecule has 0 atom stereocenters. The number of rotatable bonds is 4. The fourth-order valence-electron chi connectivity index (χ4n) is 3.18. The smallest absolute Gasteiger partial charge is 0.308 e. The second-order valence-corrected chi connectivity index (χ2v) is 5.45. The highest BCUT2D eigenvalue weighted by molar-refractivity contribution is 5.72. The second kappa shape index (κ2) is 6.39. The van der Waals surface area contributed by atoms with E-state index in [1.165, 1.54) is 25.7 Å². The molecule has 0 heterocycles. The molecule has 0 aromatic heterocycles. The third-order valence-electron chi connectivity index (χ3n) is 4.17. The molecule has 0 unspecified atom stereocenters. The van der Waals surface area contributed by atoms with Crippen molar-refractivity contribution >= 4 is 5.97 Å². The molecule has 0 aliphatic heterocycles. The predicted molar refractivity (Wildman–Crippen MR) is 67.8 cm³/mol. The molecular weight excluding hydrogens is 214 g/mol. The highest BCUT2D eigenvalue weighted by Gasteiger charge is 2.28. The van der Waals surface area contributed by atoms with E-state index >= 15 is 0 Å². The van der Waals surface area contributed by atoms with Crippen molar-refractivity contribution in [3.05, 3.63) is 0 Å². The number of ether oxygens (including phenoxy) is 1. The van der Waals surface area contributed by atoms with Gasteiger partial charge in [-0.2, -0.15) is 0 Å². The standard InChI is InChI=1S/C14H25NO2/c1-2-17-14(16)11-7-9-13(10-8-11)15-12-5-3-4-6-12/h11-13,15H,2-10H2,1H3. The summed E-state index contributed by atoms with van der Waals surface area (Å²) >= 11 is 0. The van der Waals surface area contributed by atoms with Crippen LogP contribution in [0, 0.1) is 5.92 Å². The highest BCUT2D eigenvalue weighted by atomic mass is 16.5. The lowest BCUT2D eigenvalue weighted by Gasteiger charge is -2.30. The lowest BCUT2D eigenvalue weighted by Crippen LogP contribution is -2.40. The van der Waals surface area contributed by atoms with Gasteiger partial charge in [-0.05, 0) is 45.4 Å². The van der Waals surface area contributed by atoms with Crippen LogP contribution >= 0.6 is 0 Å². The van der Waals surface area contributed by atoms with Crippen LogP contribution in [0.25, 0.3) is 0 Å². The summed E-state index contributed by atoms with van der Waals surface area (Å²) in [6.07, 6.45) is 9.74. The van der Waals surface area contributed by atoms with Gasteiger partial charge in [0.15, 0.2) is 0 Å². The van der Waals surface area contributed by atoms with Gasteiger partial charge in [-0.1, -0.05) is 12.8 Å². The number of nitrogens with one attached hydrogen (secondary N) is 1. The van der Waals surface area contributed by atoms with Crippen molar-refractivity contribution in [1.29, 1.82) is 0 Å². The number of carbonyl (C=O) groups is 1. The van der Waals surface area contributed by atoms with Crippen molar-refractivity contribution in [2.24, 2.45) is 5.92 Å². The van der Waals surface area contributed by atoms with Gasteiger partial charge in [0.05, 0.1) is 12.5 Å². The van der Waals surface area contributed by atoms with Crippen molar-refractivity contribution in [2.75, 3.05) is 6.61 Å². The normalized spacial score (nSPS) is 30.4. The van der Waals surface area contributed by atoms with E-state index in [-0.39, 0.29) is 11.9 Å². The minimum Gasteiger partial charge on any atom is -0.466 e. The van der Waals surface area contributed by atoms with E-state index in [9.17, 15) is 4.79 Å². The Hall–Kier alpha value is -0.570. The average Bonchev–Trinajstić information content (AvgIpc) is 2.83. The third-order valence-corrected chi connectivity index (χ3v) is 4.17. The Kier molecular flexibility index (Phi) is 4.84. The zero-order chi connectivity index (χ0) is 12.1. The minimum atomic E-state index is 0.0202. The monoisotopic (exact) mass is 239 g/mol. The Morgan fingerprint density at radius 3 is 2.24 bits per heavy atom. The Morgan fingerprint density at radius 1 is 1.06 bits per heavy atom. The summed E-state index contributed by atoms with van der Waals surface area (Å²) in [5.74, 6) is 0.184. The van der Waals surface area contributed by atoms with Gasteiger partial charge in [0.1, 0.15) is 0 Å². The molecule has 0 saturated heterocycles. The summed E-state index contributed by atoms with van der Waals surface area (Å²) < 4.78 is 5.09. The molecule has 1 N–H and O–H groups in total. The maximum Gasteiger partial charge on any atom is 0.308 e. The summed E-state index contributed by atoms with van der Waals surface area (Å²) in [7, 11) is 0. The first-order chi connectivity index (χ1) is 8.29. The van der Waals surface area contributed by atoms with Crippen LogP contribution in [-0.4, -0.2) is 24.7 Å². The average molecular weight is 239 g/mol. The number of hydrogen-bond acceptors (Lipinski definition) is 3. The molecule has 0 spiro atoms. The molecule has 3 heteroatoms. The minimum absolute atomic E-state index is 0.0202. The Labute approximate surface area is 104 Å². The van der Waals surface area contributed by atoms with Gasteiger partial charge in [-0.25, -0.2) is 0 Å². The largest absolute Gasteiger partial charge is 0.466 e. The molecule has 0 aromatic carbocycles. The topological polar surface area (TPSA) is 38.3 Å². The van der Waals surface area contributed by atoms with Gasteiger partial charge in [-0.15, -0.1) is 0 Å². The summed E-state index contributed by atoms with van der Waals surface area (Å²) in [6, 6.07) is 1.39. The maximum absolute atomic E-state index is 11.6. The number of carbonyl (C=O) groups excluding carboxylic acids is 1. The SMILES string of the molecule is CCOC(=O)C1CCC(NC2CCCC2)CC1. The van der Waals surface area contributed by atoms with E-state index in [1.54, 1.807) is 0 Å². The molecule has 2 aliphatic rings. The maximum atomic E-state index is 11.6. The predicted octanol–water partition coefficient (Wildman–Crippen LogP) is 2.64. The lowest BCUT2D eigenvalue weighted by atomic mass is 9.85. The first-order valence-corrected chi connectivity index (χ1v) is 7.22. The van der Waals surface area contributed by atoms with Gasteiger partial charge < -0.3 is 10.1 Å². The molecule has 2 saturated carbocycles. The van der Waals surface area contributed by atoms with Crippen LogP contribution in [-0.2, 0) is 9.53 Å². The van der Waals surface area contributed by atoms with Crippen LogP contribution in [0.15, 0.2) is 0 Å². The van der Waals surface area contributed by atoms with Gasteiger partial charge in [0.25, 0.3) is 0 Å². The van der Waals surface area contributed by atoms with Gasteiger partial charge in [-0.3, -0.25) is 4.79 Å². The molecule has 0 amide bonds. The van der Waals surface area contributed by atoms with Crippen LogP contribution in [0.3, 0.4) is 0 Å². The van der Waals surface area contributed by atoms with E-state index < -0.39 is 0 Å². The van der Waals surface area contributed by atoms with Crippen LogP contribution < -0.4 is 5.32 Å². The summed E-state index contributed by atoms with van der Waals surface area (Å²) in [5, 5.41) is 3.76. The summed E-state index contributed by atoms with van der Waals surface area (Å²) in [4.78, 5) is 11.6. The first-order valence-electron chi connectivity index (χ1n) is 7.22. The zero-order valence-electron chi connectivity index (χ0n) is 10.9. The Morgan fingerprint density at radius 2 is 1.65 bits per heavy atom. The van der Waals surface area contributed by atoms with Crippen molar-refractivity contribution in [2.45, 2.75) is 70.4 Å². The van der Waals surface area contributed by atoms with Crippen molar-refractivity contribution in [3.63, 3.8) is 0 Å². The van der Waals surface area contributed by atoms with Crippen molar-refractivity contribution < 1.29 is 9.53 Å². The van der Waals surface area contributed by atoms with E-state index in [0.29, 0.717) is 12.6 Å². The summed E-state index contributed by atoms with van der Waals surface area (Å²) in [6.45, 7) is 2.39. The van der Waals surface area contributed by atoms with Crippen molar-refractivity contribution in [1.82, 2.24) is 5.32 Å².